The van der Waals surface area contributed by atoms with Crippen molar-refractivity contribution in [3.8, 4) is 0 Å². The molecule has 1 N–H and O–H groups in total. The smallest absolute Gasteiger partial charge is 0.340 e. The minimum Gasteiger partial charge on any atom is -0.340 e. The molecule has 0 radical (unpaired) electrons. The van der Waals surface area contributed by atoms with Crippen molar-refractivity contribution < 1.29 is 14.8 Å². The lowest BCUT2D eigenvalue weighted by Crippen LogP contribution is -2.58. The molecule has 96 valence electrons. The molecule has 0 aromatic carbocycles. The summed E-state index contributed by atoms with van der Waals surface area (Å²) < 4.78 is 0. The van der Waals surface area contributed by atoms with Gasteiger partial charge in [0.2, 0.25) is 5.91 Å². The van der Waals surface area contributed by atoms with Crippen molar-refractivity contribution in [1.82, 2.24) is 14.9 Å². The van der Waals surface area contributed by atoms with Crippen molar-refractivity contribution in [2.24, 2.45) is 5.92 Å². The average Bonchev–Trinajstić information content (AvgIpc) is 2.59. The molecule has 2 rings (SSSR count). The van der Waals surface area contributed by atoms with Gasteiger partial charge in [-0.05, 0) is 13.3 Å². The summed E-state index contributed by atoms with van der Waals surface area (Å²) in [7, 11) is 0. The van der Waals surface area contributed by atoms with E-state index >= 15 is 0 Å². The fourth-order valence-electron chi connectivity index (χ4n) is 2.78. The standard InChI is InChI=1S/C11H19N3O3/c1-3-5-12-6-8-7-14(17)11(16)13(4-2)9(8)10(12)15/h8-9,17H,3-7H2,1-2H3/t8-,9+/m1/s1. The molecule has 2 aliphatic heterocycles. The predicted molar refractivity (Wildman–Crippen MR) is 60.4 cm³/mol. The average molecular weight is 241 g/mol. The first-order valence-corrected chi connectivity index (χ1v) is 6.15. The van der Waals surface area contributed by atoms with Gasteiger partial charge >= 0.3 is 6.03 Å². The van der Waals surface area contributed by atoms with E-state index in [4.69, 9.17) is 0 Å². The highest BCUT2D eigenvalue weighted by Gasteiger charge is 2.49. The van der Waals surface area contributed by atoms with Gasteiger partial charge in [0.25, 0.3) is 0 Å². The molecule has 0 spiro atoms. The minimum absolute atomic E-state index is 0.0247. The lowest BCUT2D eigenvalue weighted by molar-refractivity contribution is -0.136. The van der Waals surface area contributed by atoms with E-state index in [2.05, 4.69) is 0 Å². The van der Waals surface area contributed by atoms with Crippen LogP contribution >= 0.6 is 0 Å². The SMILES string of the molecule is CCCN1C[C@@H]2CN(O)C(=O)N(CC)[C@@H]2C1=O. The molecule has 0 unspecified atom stereocenters. The molecular weight excluding hydrogens is 222 g/mol. The number of urea groups is 1. The van der Waals surface area contributed by atoms with Crippen LogP contribution in [0.1, 0.15) is 20.3 Å². The maximum Gasteiger partial charge on any atom is 0.344 e. The third kappa shape index (κ3) is 1.86. The van der Waals surface area contributed by atoms with Crippen LogP contribution in [-0.4, -0.2) is 64.2 Å². The molecule has 3 amide bonds. The molecule has 0 aliphatic carbocycles. The van der Waals surface area contributed by atoms with Gasteiger partial charge in [-0.2, -0.15) is 0 Å². The fourth-order valence-corrected chi connectivity index (χ4v) is 2.78. The number of nitrogens with zero attached hydrogens (tertiary/aromatic N) is 3. The topological polar surface area (TPSA) is 64.1 Å². The normalized spacial score (nSPS) is 29.0. The zero-order chi connectivity index (χ0) is 12.6. The second kappa shape index (κ2) is 4.52. The van der Waals surface area contributed by atoms with Crippen LogP contribution in [0.15, 0.2) is 0 Å². The van der Waals surface area contributed by atoms with Crippen LogP contribution in [0.3, 0.4) is 0 Å². The van der Waals surface area contributed by atoms with Gasteiger partial charge in [0, 0.05) is 25.6 Å². The predicted octanol–water partition coefficient (Wildman–Crippen LogP) is 0.370. The van der Waals surface area contributed by atoms with Crippen LogP contribution in [0.4, 0.5) is 4.79 Å². The Morgan fingerprint density at radius 2 is 2.00 bits per heavy atom. The first kappa shape index (κ1) is 12.2. The number of amides is 3. The van der Waals surface area contributed by atoms with Gasteiger partial charge < -0.3 is 9.80 Å². The number of fused-ring (bicyclic) bond motifs is 1. The molecule has 0 aromatic heterocycles. The molecule has 0 bridgehead atoms. The van der Waals surface area contributed by atoms with E-state index < -0.39 is 6.03 Å². The Bertz CT molecular complexity index is 334. The Hall–Kier alpha value is -1.30. The van der Waals surface area contributed by atoms with Crippen molar-refractivity contribution in [1.29, 1.82) is 0 Å². The summed E-state index contributed by atoms with van der Waals surface area (Å²) in [5.74, 6) is 0.0526. The van der Waals surface area contributed by atoms with Crippen LogP contribution in [-0.2, 0) is 4.79 Å². The highest BCUT2D eigenvalue weighted by Crippen LogP contribution is 2.28. The summed E-state index contributed by atoms with van der Waals surface area (Å²) in [4.78, 5) is 27.2. The largest absolute Gasteiger partial charge is 0.344 e. The molecule has 0 aromatic rings. The second-order valence-electron chi connectivity index (χ2n) is 4.64. The van der Waals surface area contributed by atoms with Gasteiger partial charge in [0.1, 0.15) is 6.04 Å². The van der Waals surface area contributed by atoms with Crippen LogP contribution < -0.4 is 0 Å². The minimum atomic E-state index is -0.458. The first-order valence-electron chi connectivity index (χ1n) is 6.15. The molecule has 6 heteroatoms. The Labute approximate surface area is 101 Å². The number of carbonyl (C=O) groups is 2. The van der Waals surface area contributed by atoms with Crippen molar-refractivity contribution in [3.05, 3.63) is 0 Å². The number of hydroxylamine groups is 2. The van der Waals surface area contributed by atoms with Crippen LogP contribution in [0.25, 0.3) is 0 Å². The molecule has 0 saturated carbocycles. The maximum atomic E-state index is 12.2. The Morgan fingerprint density at radius 3 is 2.59 bits per heavy atom. The number of likely N-dealkylation sites (N-methyl/N-ethyl adjacent to an activating group) is 1. The van der Waals surface area contributed by atoms with Crippen LogP contribution in [0.2, 0.25) is 0 Å². The summed E-state index contributed by atoms with van der Waals surface area (Å²) in [5.41, 5.74) is 0. The van der Waals surface area contributed by atoms with Gasteiger partial charge in [-0.1, -0.05) is 6.92 Å². The quantitative estimate of drug-likeness (QED) is 0.726. The Kier molecular flexibility index (Phi) is 3.24. The zero-order valence-electron chi connectivity index (χ0n) is 10.3. The zero-order valence-corrected chi connectivity index (χ0v) is 10.3. The van der Waals surface area contributed by atoms with E-state index in [1.807, 2.05) is 13.8 Å². The van der Waals surface area contributed by atoms with Gasteiger partial charge in [-0.15, -0.1) is 0 Å². The Balaban J connectivity index is 2.20. The summed E-state index contributed by atoms with van der Waals surface area (Å²) >= 11 is 0. The lowest BCUT2D eigenvalue weighted by atomic mass is 9.99. The highest BCUT2D eigenvalue weighted by atomic mass is 16.5. The van der Waals surface area contributed by atoms with E-state index in [0.717, 1.165) is 18.0 Å². The molecule has 2 heterocycles. The van der Waals surface area contributed by atoms with Gasteiger partial charge in [-0.3, -0.25) is 10.0 Å². The Morgan fingerprint density at radius 1 is 1.29 bits per heavy atom. The summed E-state index contributed by atoms with van der Waals surface area (Å²) in [6, 6.07) is -0.831. The third-order valence-electron chi connectivity index (χ3n) is 3.51. The number of rotatable bonds is 3. The van der Waals surface area contributed by atoms with Gasteiger partial charge in [0.05, 0.1) is 6.54 Å². The van der Waals surface area contributed by atoms with Crippen molar-refractivity contribution in [2.45, 2.75) is 26.3 Å². The summed E-state index contributed by atoms with van der Waals surface area (Å²) in [6.45, 7) is 5.91. The first-order chi connectivity index (χ1) is 8.10. The third-order valence-corrected chi connectivity index (χ3v) is 3.51. The van der Waals surface area contributed by atoms with Crippen molar-refractivity contribution >= 4 is 11.9 Å². The van der Waals surface area contributed by atoms with E-state index in [1.165, 1.54) is 4.90 Å². The molecule has 2 aliphatic rings. The molecule has 2 saturated heterocycles. The molecule has 2 fully saturated rings. The number of carbonyl (C=O) groups excluding carboxylic acids is 2. The maximum absolute atomic E-state index is 12.2. The van der Waals surface area contributed by atoms with E-state index in [0.29, 0.717) is 13.1 Å². The number of hydrogen-bond acceptors (Lipinski definition) is 3. The highest BCUT2D eigenvalue weighted by molar-refractivity contribution is 5.90. The molecule has 2 atom stereocenters. The molecule has 17 heavy (non-hydrogen) atoms. The molecule has 6 nitrogen and oxygen atoms in total. The van der Waals surface area contributed by atoms with Gasteiger partial charge in [0.15, 0.2) is 0 Å². The monoisotopic (exact) mass is 241 g/mol. The summed E-state index contributed by atoms with van der Waals surface area (Å²) in [6.07, 6.45) is 0.911. The number of hydrogen-bond donors (Lipinski definition) is 1. The van der Waals surface area contributed by atoms with E-state index in [-0.39, 0.29) is 24.4 Å². The van der Waals surface area contributed by atoms with Crippen LogP contribution in [0, 0.1) is 5.92 Å². The van der Waals surface area contributed by atoms with Gasteiger partial charge in [-0.25, -0.2) is 9.86 Å². The van der Waals surface area contributed by atoms with Crippen LogP contribution in [0.5, 0.6) is 0 Å². The van der Waals surface area contributed by atoms with Crippen molar-refractivity contribution in [2.75, 3.05) is 26.2 Å². The number of likely N-dealkylation sites (tertiary alicyclic amines) is 1. The lowest BCUT2D eigenvalue weighted by Gasteiger charge is -2.38. The second-order valence-corrected chi connectivity index (χ2v) is 4.64. The summed E-state index contributed by atoms with van der Waals surface area (Å²) in [5, 5.41) is 10.3. The molecular formula is C11H19N3O3. The van der Waals surface area contributed by atoms with E-state index in [9.17, 15) is 14.8 Å². The van der Waals surface area contributed by atoms with E-state index in [1.54, 1.807) is 4.90 Å². The fraction of sp³-hybridized carbons (Fsp3) is 0.818. The van der Waals surface area contributed by atoms with Crippen molar-refractivity contribution in [3.63, 3.8) is 0 Å².